The molecule has 0 amide bonds. The van der Waals surface area contributed by atoms with Gasteiger partial charge in [0.05, 0.1) is 0 Å². The third-order valence-corrected chi connectivity index (χ3v) is 12.7. The van der Waals surface area contributed by atoms with Crippen LogP contribution in [0.1, 0.15) is 0 Å². The second-order valence-corrected chi connectivity index (χ2v) is 16.7. The maximum atomic E-state index is 2.44. The van der Waals surface area contributed by atoms with Crippen molar-refractivity contribution in [2.75, 3.05) is 0 Å². The quantitative estimate of drug-likeness (QED) is 0.129. The molecule has 11 aromatic carbocycles. The van der Waals surface area contributed by atoms with Gasteiger partial charge >= 0.3 is 0 Å². The van der Waals surface area contributed by atoms with Crippen LogP contribution < -0.4 is 0 Å². The fourth-order valence-corrected chi connectivity index (χ4v) is 9.75. The minimum atomic E-state index is 1.15. The topological polar surface area (TPSA) is 0 Å². The molecule has 11 rings (SSSR count). The van der Waals surface area contributed by atoms with Gasteiger partial charge in [-0.3, -0.25) is 0 Å². The van der Waals surface area contributed by atoms with Gasteiger partial charge in [-0.2, -0.15) is 0 Å². The molecular formula is C66H46. The predicted octanol–water partition coefficient (Wildman–Crippen LogP) is 18.4. The highest BCUT2D eigenvalue weighted by Crippen LogP contribution is 2.53. The summed E-state index contributed by atoms with van der Waals surface area (Å²) >= 11 is 0. The van der Waals surface area contributed by atoms with Gasteiger partial charge in [0.1, 0.15) is 0 Å². The summed E-state index contributed by atoms with van der Waals surface area (Å²) in [6.45, 7) is 0. The monoisotopic (exact) mass is 838 g/mol. The van der Waals surface area contributed by atoms with E-state index in [-0.39, 0.29) is 0 Å². The van der Waals surface area contributed by atoms with Gasteiger partial charge in [-0.15, -0.1) is 0 Å². The fourth-order valence-electron chi connectivity index (χ4n) is 9.75. The van der Waals surface area contributed by atoms with Crippen LogP contribution in [-0.2, 0) is 0 Å². The molecule has 0 heteroatoms. The molecule has 310 valence electrons. The summed E-state index contributed by atoms with van der Waals surface area (Å²) in [5.74, 6) is 0. The molecule has 0 aliphatic heterocycles. The van der Waals surface area contributed by atoms with Crippen LogP contribution in [0.5, 0.6) is 0 Å². The van der Waals surface area contributed by atoms with Crippen LogP contribution in [0.25, 0.3) is 111 Å². The Labute approximate surface area is 388 Å². The van der Waals surface area contributed by atoms with Crippen molar-refractivity contribution in [3.8, 4) is 111 Å². The zero-order valence-electron chi connectivity index (χ0n) is 36.6. The zero-order valence-corrected chi connectivity index (χ0v) is 36.6. The second-order valence-electron chi connectivity index (χ2n) is 16.7. The first-order valence-electron chi connectivity index (χ1n) is 22.8. The standard InChI is InChI=1S/C66H46/c1-9-25-47(26-10-1)57-45-59(63(53-33-17-5-18-34-53)65(55-37-21-7-22-38-55)61(57)51-29-13-3-14-30-51)49-41-43-50(44-42-49)60-46-58(48-27-11-2-12-28-48)62(52-31-15-4-16-32-52)66(56-39-23-8-24-40-56)64(60)54-35-19-6-20-36-54/h1-46H. The minimum absolute atomic E-state index is 1.15. The van der Waals surface area contributed by atoms with Crippen LogP contribution in [0.15, 0.2) is 279 Å². The summed E-state index contributed by atoms with van der Waals surface area (Å²) in [5, 5.41) is 0. The fraction of sp³-hybridized carbons (Fsp3) is 0. The third kappa shape index (κ3) is 7.76. The van der Waals surface area contributed by atoms with E-state index in [9.17, 15) is 0 Å². The molecule has 0 aliphatic carbocycles. The Hall–Kier alpha value is -8.58. The average molecular weight is 839 g/mol. The highest BCUT2D eigenvalue weighted by atomic mass is 14.3. The van der Waals surface area contributed by atoms with E-state index in [0.717, 1.165) is 11.1 Å². The van der Waals surface area contributed by atoms with Crippen molar-refractivity contribution in [1.29, 1.82) is 0 Å². The third-order valence-electron chi connectivity index (χ3n) is 12.7. The second kappa shape index (κ2) is 18.3. The molecule has 0 saturated carbocycles. The van der Waals surface area contributed by atoms with Crippen molar-refractivity contribution in [1.82, 2.24) is 0 Å². The molecule has 0 radical (unpaired) electrons. The minimum Gasteiger partial charge on any atom is -0.0622 e. The van der Waals surface area contributed by atoms with E-state index in [1.54, 1.807) is 0 Å². The molecule has 0 atom stereocenters. The maximum absolute atomic E-state index is 2.44. The summed E-state index contributed by atoms with van der Waals surface area (Å²) in [5.41, 5.74) is 23.8. The molecule has 0 spiro atoms. The largest absolute Gasteiger partial charge is 0.0622 e. The van der Waals surface area contributed by atoms with Gasteiger partial charge in [-0.05, 0) is 123 Å². The molecule has 0 fully saturated rings. The van der Waals surface area contributed by atoms with Crippen LogP contribution in [0.2, 0.25) is 0 Å². The molecule has 0 N–H and O–H groups in total. The summed E-state index contributed by atoms with van der Waals surface area (Å²) in [6, 6.07) is 102. The Morgan fingerprint density at radius 2 is 0.273 bits per heavy atom. The average Bonchev–Trinajstić information content (AvgIpc) is 3.41. The molecule has 0 saturated heterocycles. The molecule has 0 aromatic heterocycles. The van der Waals surface area contributed by atoms with Crippen molar-refractivity contribution < 1.29 is 0 Å². The van der Waals surface area contributed by atoms with E-state index in [1.165, 1.54) is 100 Å². The van der Waals surface area contributed by atoms with E-state index >= 15 is 0 Å². The zero-order chi connectivity index (χ0) is 44.1. The Bertz CT molecular complexity index is 3130. The van der Waals surface area contributed by atoms with E-state index in [1.807, 2.05) is 0 Å². The Morgan fingerprint density at radius 1 is 0.121 bits per heavy atom. The normalized spacial score (nSPS) is 11.0. The van der Waals surface area contributed by atoms with Gasteiger partial charge in [0.15, 0.2) is 0 Å². The van der Waals surface area contributed by atoms with Crippen LogP contribution in [0, 0.1) is 0 Å². The highest BCUT2D eigenvalue weighted by molar-refractivity contribution is 6.09. The van der Waals surface area contributed by atoms with Crippen LogP contribution >= 0.6 is 0 Å². The van der Waals surface area contributed by atoms with Crippen molar-refractivity contribution in [3.05, 3.63) is 279 Å². The Morgan fingerprint density at radius 3 is 0.470 bits per heavy atom. The Balaban J connectivity index is 1.21. The van der Waals surface area contributed by atoms with E-state index in [4.69, 9.17) is 0 Å². The lowest BCUT2D eigenvalue weighted by Crippen LogP contribution is -1.99. The first-order valence-corrected chi connectivity index (χ1v) is 22.8. The van der Waals surface area contributed by atoms with Gasteiger partial charge < -0.3 is 0 Å². The smallest absolute Gasteiger partial charge is 0.00143 e. The van der Waals surface area contributed by atoms with Gasteiger partial charge in [0.25, 0.3) is 0 Å². The molecule has 0 aliphatic rings. The number of hydrogen-bond donors (Lipinski definition) is 0. The molecule has 0 heterocycles. The number of rotatable bonds is 10. The van der Waals surface area contributed by atoms with E-state index in [0.29, 0.717) is 0 Å². The van der Waals surface area contributed by atoms with Crippen LogP contribution in [-0.4, -0.2) is 0 Å². The highest BCUT2D eigenvalue weighted by Gasteiger charge is 2.26. The van der Waals surface area contributed by atoms with Crippen molar-refractivity contribution in [2.24, 2.45) is 0 Å². The van der Waals surface area contributed by atoms with Crippen molar-refractivity contribution in [2.45, 2.75) is 0 Å². The summed E-state index contributed by atoms with van der Waals surface area (Å²) in [7, 11) is 0. The first kappa shape index (κ1) is 40.2. The van der Waals surface area contributed by atoms with Crippen LogP contribution in [0.3, 0.4) is 0 Å². The van der Waals surface area contributed by atoms with Gasteiger partial charge in [-0.25, -0.2) is 0 Å². The number of benzene rings is 11. The lowest BCUT2D eigenvalue weighted by atomic mass is 9.78. The molecule has 0 nitrogen and oxygen atoms in total. The summed E-state index contributed by atoms with van der Waals surface area (Å²) in [4.78, 5) is 0. The van der Waals surface area contributed by atoms with E-state index in [2.05, 4.69) is 279 Å². The van der Waals surface area contributed by atoms with Gasteiger partial charge in [0.2, 0.25) is 0 Å². The van der Waals surface area contributed by atoms with Crippen molar-refractivity contribution >= 4 is 0 Å². The molecular weight excluding hydrogens is 793 g/mol. The van der Waals surface area contributed by atoms with Gasteiger partial charge in [0, 0.05) is 0 Å². The lowest BCUT2D eigenvalue weighted by Gasteiger charge is -2.25. The first-order chi connectivity index (χ1) is 32.8. The van der Waals surface area contributed by atoms with Gasteiger partial charge in [-0.1, -0.05) is 267 Å². The molecule has 0 bridgehead atoms. The lowest BCUT2D eigenvalue weighted by molar-refractivity contribution is 1.51. The summed E-state index contributed by atoms with van der Waals surface area (Å²) < 4.78 is 0. The number of hydrogen-bond acceptors (Lipinski definition) is 0. The SMILES string of the molecule is c1ccc(-c2cc(-c3ccc(-c4cc(-c5ccccc5)c(-c5ccccc5)c(-c5ccccc5)c4-c4ccccc4)cc3)c(-c3ccccc3)c(-c3ccccc3)c2-c2ccccc2)cc1. The Kier molecular flexibility index (Phi) is 11.1. The predicted molar refractivity (Wildman–Crippen MR) is 281 cm³/mol. The molecule has 11 aromatic rings. The molecule has 66 heavy (non-hydrogen) atoms. The maximum Gasteiger partial charge on any atom is -0.00143 e. The van der Waals surface area contributed by atoms with E-state index < -0.39 is 0 Å². The molecule has 0 unspecified atom stereocenters. The van der Waals surface area contributed by atoms with Crippen LogP contribution in [0.4, 0.5) is 0 Å². The van der Waals surface area contributed by atoms with Crippen molar-refractivity contribution in [3.63, 3.8) is 0 Å². The summed E-state index contributed by atoms with van der Waals surface area (Å²) in [6.07, 6.45) is 0.